The molecule has 0 aliphatic carbocycles. The maximum absolute atomic E-state index is 11.7. The summed E-state index contributed by atoms with van der Waals surface area (Å²) in [6.07, 6.45) is 0.622. The van der Waals surface area contributed by atoms with Gasteiger partial charge in [0.2, 0.25) is 0 Å². The number of carbonyl (C=O) groups is 2. The first-order valence-corrected chi connectivity index (χ1v) is 6.75. The Bertz CT molecular complexity index is 573. The largest absolute Gasteiger partial charge is 0.456 e. The summed E-state index contributed by atoms with van der Waals surface area (Å²) < 4.78 is 10.4. The fourth-order valence-corrected chi connectivity index (χ4v) is 1.78. The van der Waals surface area contributed by atoms with E-state index in [0.29, 0.717) is 42.6 Å². The minimum absolute atomic E-state index is 0.254. The van der Waals surface area contributed by atoms with E-state index in [4.69, 9.17) is 8.83 Å². The molecule has 2 aromatic rings. The number of hydrogen-bond donors (Lipinski definition) is 2. The van der Waals surface area contributed by atoms with Crippen LogP contribution in [0.5, 0.6) is 0 Å². The molecule has 0 spiro atoms. The molecule has 112 valence electrons. The molecule has 0 fully saturated rings. The van der Waals surface area contributed by atoms with Gasteiger partial charge in [-0.2, -0.15) is 0 Å². The van der Waals surface area contributed by atoms with Gasteiger partial charge in [-0.3, -0.25) is 9.59 Å². The molecular weight excluding hydrogens is 272 g/mol. The maximum Gasteiger partial charge on any atom is 0.286 e. The van der Waals surface area contributed by atoms with Gasteiger partial charge >= 0.3 is 0 Å². The van der Waals surface area contributed by atoms with Crippen molar-refractivity contribution < 1.29 is 18.4 Å². The van der Waals surface area contributed by atoms with Crippen LogP contribution in [0.4, 0.5) is 0 Å². The Hall–Kier alpha value is -2.50. The number of rotatable bonds is 6. The average Bonchev–Trinajstić information content (AvgIpc) is 3.06. The first-order chi connectivity index (χ1) is 10.1. The lowest BCUT2D eigenvalue weighted by Gasteiger charge is -2.04. The van der Waals surface area contributed by atoms with E-state index in [0.717, 1.165) is 0 Å². The molecular formula is C15H18N2O4. The zero-order chi connectivity index (χ0) is 15.2. The number of hydrogen-bond acceptors (Lipinski definition) is 4. The zero-order valence-electron chi connectivity index (χ0n) is 12.1. The monoisotopic (exact) mass is 290 g/mol. The second-order valence-corrected chi connectivity index (χ2v) is 4.69. The van der Waals surface area contributed by atoms with Crippen molar-refractivity contribution in [3.8, 4) is 0 Å². The summed E-state index contributed by atoms with van der Waals surface area (Å²) in [6.45, 7) is 4.47. The number of amides is 2. The molecule has 0 radical (unpaired) electrons. The highest BCUT2D eigenvalue weighted by Crippen LogP contribution is 2.06. The molecule has 2 amide bonds. The van der Waals surface area contributed by atoms with E-state index in [-0.39, 0.29) is 11.8 Å². The van der Waals surface area contributed by atoms with Crippen LogP contribution < -0.4 is 10.6 Å². The van der Waals surface area contributed by atoms with Crippen molar-refractivity contribution in [1.29, 1.82) is 0 Å². The van der Waals surface area contributed by atoms with Crippen LogP contribution in [-0.4, -0.2) is 24.9 Å². The Labute approximate surface area is 122 Å². The van der Waals surface area contributed by atoms with Crippen LogP contribution in [0.3, 0.4) is 0 Å². The van der Waals surface area contributed by atoms with Crippen molar-refractivity contribution in [1.82, 2.24) is 10.6 Å². The predicted octanol–water partition coefficient (Wildman–Crippen LogP) is 2.04. The summed E-state index contributed by atoms with van der Waals surface area (Å²) in [5.74, 6) is 1.47. The molecule has 0 unspecified atom stereocenters. The molecule has 0 bridgehead atoms. The van der Waals surface area contributed by atoms with Crippen LogP contribution in [0.15, 0.2) is 33.1 Å². The summed E-state index contributed by atoms with van der Waals surface area (Å²) in [6, 6.07) is 6.73. The molecule has 2 rings (SSSR count). The highest BCUT2D eigenvalue weighted by molar-refractivity contribution is 5.92. The predicted molar refractivity (Wildman–Crippen MR) is 76.2 cm³/mol. The van der Waals surface area contributed by atoms with Crippen molar-refractivity contribution in [3.05, 3.63) is 47.3 Å². The highest BCUT2D eigenvalue weighted by atomic mass is 16.4. The fraction of sp³-hybridized carbons (Fsp3) is 0.333. The van der Waals surface area contributed by atoms with E-state index < -0.39 is 0 Å². The van der Waals surface area contributed by atoms with Crippen molar-refractivity contribution in [2.75, 3.05) is 13.1 Å². The van der Waals surface area contributed by atoms with E-state index >= 15 is 0 Å². The standard InChI is InChI=1S/C15H18N2O4/c1-10-4-6-12(20-10)14(18)16-8-3-9-17-15(19)13-7-5-11(2)21-13/h4-7H,3,8-9H2,1-2H3,(H,16,18)(H,17,19). The van der Waals surface area contributed by atoms with Crippen LogP contribution in [0.1, 0.15) is 39.1 Å². The van der Waals surface area contributed by atoms with Crippen LogP contribution in [-0.2, 0) is 0 Å². The van der Waals surface area contributed by atoms with Gasteiger partial charge in [0.15, 0.2) is 11.5 Å². The molecule has 6 nitrogen and oxygen atoms in total. The summed E-state index contributed by atoms with van der Waals surface area (Å²) in [4.78, 5) is 23.3. The Morgan fingerprint density at radius 3 is 1.62 bits per heavy atom. The molecule has 0 saturated heterocycles. The third-order valence-electron chi connectivity index (χ3n) is 2.85. The third-order valence-corrected chi connectivity index (χ3v) is 2.85. The average molecular weight is 290 g/mol. The van der Waals surface area contributed by atoms with Crippen molar-refractivity contribution in [2.24, 2.45) is 0 Å². The smallest absolute Gasteiger partial charge is 0.286 e. The summed E-state index contributed by atoms with van der Waals surface area (Å²) in [5, 5.41) is 5.44. The van der Waals surface area contributed by atoms with Gasteiger partial charge in [-0.25, -0.2) is 0 Å². The van der Waals surface area contributed by atoms with Crippen LogP contribution in [0.2, 0.25) is 0 Å². The molecule has 0 aliphatic heterocycles. The van der Waals surface area contributed by atoms with E-state index in [1.165, 1.54) is 0 Å². The van der Waals surface area contributed by atoms with E-state index in [1.807, 2.05) is 0 Å². The lowest BCUT2D eigenvalue weighted by molar-refractivity contribution is 0.0921. The topological polar surface area (TPSA) is 84.5 Å². The van der Waals surface area contributed by atoms with Gasteiger partial charge < -0.3 is 19.5 Å². The van der Waals surface area contributed by atoms with Gasteiger partial charge in [-0.1, -0.05) is 0 Å². The fourth-order valence-electron chi connectivity index (χ4n) is 1.78. The number of nitrogens with one attached hydrogen (secondary N) is 2. The van der Waals surface area contributed by atoms with Crippen molar-refractivity contribution >= 4 is 11.8 Å². The van der Waals surface area contributed by atoms with E-state index in [9.17, 15) is 9.59 Å². The van der Waals surface area contributed by atoms with E-state index in [1.54, 1.807) is 38.1 Å². The highest BCUT2D eigenvalue weighted by Gasteiger charge is 2.10. The number of aryl methyl sites for hydroxylation is 2. The van der Waals surface area contributed by atoms with Gasteiger partial charge in [0.25, 0.3) is 11.8 Å². The van der Waals surface area contributed by atoms with E-state index in [2.05, 4.69) is 10.6 Å². The minimum Gasteiger partial charge on any atom is -0.456 e. The van der Waals surface area contributed by atoms with Gasteiger partial charge in [0.05, 0.1) is 0 Å². The molecule has 0 aliphatic rings. The Kier molecular flexibility index (Phi) is 4.81. The zero-order valence-corrected chi connectivity index (χ0v) is 12.1. The minimum atomic E-state index is -0.254. The van der Waals surface area contributed by atoms with Crippen molar-refractivity contribution in [2.45, 2.75) is 20.3 Å². The molecule has 0 aromatic carbocycles. The first kappa shape index (κ1) is 14.9. The molecule has 21 heavy (non-hydrogen) atoms. The molecule has 0 atom stereocenters. The number of carbonyl (C=O) groups excluding carboxylic acids is 2. The molecule has 0 saturated carbocycles. The molecule has 6 heteroatoms. The summed E-state index contributed by atoms with van der Waals surface area (Å²) in [5.41, 5.74) is 0. The normalized spacial score (nSPS) is 10.4. The van der Waals surface area contributed by atoms with Crippen LogP contribution in [0.25, 0.3) is 0 Å². The number of furan rings is 2. The molecule has 2 aromatic heterocycles. The maximum atomic E-state index is 11.7. The Balaban J connectivity index is 1.64. The summed E-state index contributed by atoms with van der Waals surface area (Å²) in [7, 11) is 0. The first-order valence-electron chi connectivity index (χ1n) is 6.75. The lowest BCUT2D eigenvalue weighted by atomic mass is 10.3. The van der Waals surface area contributed by atoms with Gasteiger partial charge in [0, 0.05) is 13.1 Å². The Morgan fingerprint density at radius 1 is 0.857 bits per heavy atom. The van der Waals surface area contributed by atoms with Crippen LogP contribution in [0, 0.1) is 13.8 Å². The molecule has 2 heterocycles. The second-order valence-electron chi connectivity index (χ2n) is 4.69. The second kappa shape index (κ2) is 6.78. The van der Waals surface area contributed by atoms with Gasteiger partial charge in [0.1, 0.15) is 11.5 Å². The SMILES string of the molecule is Cc1ccc(C(=O)NCCCNC(=O)c2ccc(C)o2)o1. The summed E-state index contributed by atoms with van der Waals surface area (Å²) >= 11 is 0. The van der Waals surface area contributed by atoms with Crippen molar-refractivity contribution in [3.63, 3.8) is 0 Å². The quantitative estimate of drug-likeness (QED) is 0.797. The third kappa shape index (κ3) is 4.24. The lowest BCUT2D eigenvalue weighted by Crippen LogP contribution is -2.29. The Morgan fingerprint density at radius 2 is 1.29 bits per heavy atom. The van der Waals surface area contributed by atoms with Gasteiger partial charge in [-0.15, -0.1) is 0 Å². The molecule has 2 N–H and O–H groups in total. The van der Waals surface area contributed by atoms with Gasteiger partial charge in [-0.05, 0) is 44.5 Å². The van der Waals surface area contributed by atoms with Crippen LogP contribution >= 0.6 is 0 Å².